The zero-order valence-corrected chi connectivity index (χ0v) is 13.9. The first-order valence-corrected chi connectivity index (χ1v) is 8.19. The third-order valence-electron chi connectivity index (χ3n) is 4.05. The van der Waals surface area contributed by atoms with Crippen molar-refractivity contribution in [3.63, 3.8) is 0 Å². The summed E-state index contributed by atoms with van der Waals surface area (Å²) in [4.78, 5) is 23.4. The predicted molar refractivity (Wildman–Crippen MR) is 84.6 cm³/mol. The highest BCUT2D eigenvalue weighted by molar-refractivity contribution is 5.83. The van der Waals surface area contributed by atoms with E-state index in [1.807, 2.05) is 0 Å². The summed E-state index contributed by atoms with van der Waals surface area (Å²) in [6.45, 7) is 0.878. The van der Waals surface area contributed by atoms with Gasteiger partial charge in [0, 0.05) is 18.9 Å². The molecule has 0 bridgehead atoms. The summed E-state index contributed by atoms with van der Waals surface area (Å²) in [6.07, 6.45) is -3.05. The van der Waals surface area contributed by atoms with E-state index >= 15 is 0 Å². The van der Waals surface area contributed by atoms with Crippen LogP contribution in [0.1, 0.15) is 24.8 Å². The first-order valence-electron chi connectivity index (χ1n) is 8.19. The van der Waals surface area contributed by atoms with Crippen LogP contribution in [-0.4, -0.2) is 42.6 Å². The van der Waals surface area contributed by atoms with E-state index in [-0.39, 0.29) is 31.1 Å². The van der Waals surface area contributed by atoms with Gasteiger partial charge in [-0.05, 0) is 37.0 Å². The second kappa shape index (κ2) is 8.88. The molecular weight excluding hydrogens is 355 g/mol. The van der Waals surface area contributed by atoms with Crippen LogP contribution in [0, 0.1) is 5.92 Å². The Morgan fingerprint density at radius 2 is 2.00 bits per heavy atom. The van der Waals surface area contributed by atoms with Gasteiger partial charge in [-0.3, -0.25) is 4.79 Å². The molecule has 1 amide bonds. The van der Waals surface area contributed by atoms with Crippen LogP contribution in [0.2, 0.25) is 0 Å². The average molecular weight is 375 g/mol. The van der Waals surface area contributed by atoms with E-state index < -0.39 is 24.3 Å². The molecule has 1 aliphatic heterocycles. The van der Waals surface area contributed by atoms with Gasteiger partial charge in [-0.15, -0.1) is 13.2 Å². The van der Waals surface area contributed by atoms with Crippen LogP contribution >= 0.6 is 0 Å². The zero-order valence-electron chi connectivity index (χ0n) is 13.9. The van der Waals surface area contributed by atoms with Crippen LogP contribution in [0.5, 0.6) is 5.75 Å². The Labute approximate surface area is 148 Å². The molecule has 1 saturated heterocycles. The number of hydrogen-bond acceptors (Lipinski definition) is 4. The van der Waals surface area contributed by atoms with Crippen LogP contribution in [0.4, 0.5) is 13.2 Å². The minimum atomic E-state index is -4.75. The predicted octanol–water partition coefficient (Wildman–Crippen LogP) is 2.51. The molecule has 9 heteroatoms. The number of amides is 1. The largest absolute Gasteiger partial charge is 0.573 e. The monoisotopic (exact) mass is 375 g/mol. The van der Waals surface area contributed by atoms with Crippen molar-refractivity contribution in [2.24, 2.45) is 5.92 Å². The Morgan fingerprint density at radius 1 is 1.31 bits per heavy atom. The van der Waals surface area contributed by atoms with Crippen molar-refractivity contribution < 1.29 is 37.3 Å². The number of carboxylic acid groups (broad SMARTS) is 1. The minimum Gasteiger partial charge on any atom is -0.480 e. The number of aliphatic carboxylic acids is 1. The lowest BCUT2D eigenvalue weighted by Gasteiger charge is -2.28. The second-order valence-electron chi connectivity index (χ2n) is 6.05. The molecule has 1 aliphatic rings. The van der Waals surface area contributed by atoms with Crippen molar-refractivity contribution in [1.82, 2.24) is 5.32 Å². The minimum absolute atomic E-state index is 0.0246. The number of rotatable bonds is 7. The van der Waals surface area contributed by atoms with Gasteiger partial charge in [-0.2, -0.15) is 0 Å². The molecule has 0 aromatic heterocycles. The molecule has 1 heterocycles. The number of carboxylic acids is 1. The molecule has 0 saturated carbocycles. The molecule has 2 rings (SSSR count). The van der Waals surface area contributed by atoms with Gasteiger partial charge in [0.2, 0.25) is 5.91 Å². The summed E-state index contributed by atoms with van der Waals surface area (Å²) in [5, 5.41) is 11.8. The molecule has 0 radical (unpaired) electrons. The summed E-state index contributed by atoms with van der Waals surface area (Å²) in [6, 6.07) is 4.18. The van der Waals surface area contributed by atoms with Gasteiger partial charge in [-0.1, -0.05) is 12.1 Å². The lowest BCUT2D eigenvalue weighted by molar-refractivity contribution is -0.274. The summed E-state index contributed by atoms with van der Waals surface area (Å²) < 4.78 is 45.3. The SMILES string of the molecule is O=C(CCc1ccc(OC(F)(F)F)cc1)NC(C(=O)O)C1CCCOC1. The fourth-order valence-corrected chi connectivity index (χ4v) is 2.77. The van der Waals surface area contributed by atoms with Gasteiger partial charge >= 0.3 is 12.3 Å². The van der Waals surface area contributed by atoms with Crippen molar-refractivity contribution in [2.75, 3.05) is 13.2 Å². The normalized spacial score (nSPS) is 18.8. The molecule has 1 aromatic carbocycles. The number of carbonyl (C=O) groups excluding carboxylic acids is 1. The smallest absolute Gasteiger partial charge is 0.480 e. The number of hydrogen-bond donors (Lipinski definition) is 2. The van der Waals surface area contributed by atoms with Crippen LogP contribution in [0.25, 0.3) is 0 Å². The van der Waals surface area contributed by atoms with E-state index in [1.165, 1.54) is 24.3 Å². The number of alkyl halides is 3. The van der Waals surface area contributed by atoms with Crippen LogP contribution in [0.15, 0.2) is 24.3 Å². The number of aryl methyl sites for hydroxylation is 1. The molecule has 0 aliphatic carbocycles. The number of halogens is 3. The topological polar surface area (TPSA) is 84.9 Å². The third-order valence-corrected chi connectivity index (χ3v) is 4.05. The Hall–Kier alpha value is -2.29. The van der Waals surface area contributed by atoms with Gasteiger partial charge in [0.1, 0.15) is 11.8 Å². The highest BCUT2D eigenvalue weighted by Crippen LogP contribution is 2.23. The number of benzene rings is 1. The van der Waals surface area contributed by atoms with E-state index in [0.29, 0.717) is 18.6 Å². The summed E-state index contributed by atoms with van der Waals surface area (Å²) in [5.41, 5.74) is 0.641. The lowest BCUT2D eigenvalue weighted by Crippen LogP contribution is -2.48. The Morgan fingerprint density at radius 3 is 2.54 bits per heavy atom. The van der Waals surface area contributed by atoms with Crippen molar-refractivity contribution >= 4 is 11.9 Å². The average Bonchev–Trinajstić information content (AvgIpc) is 2.58. The maximum Gasteiger partial charge on any atom is 0.573 e. The van der Waals surface area contributed by atoms with Crippen molar-refractivity contribution in [3.05, 3.63) is 29.8 Å². The lowest BCUT2D eigenvalue weighted by atomic mass is 9.93. The molecule has 2 unspecified atom stereocenters. The molecule has 1 fully saturated rings. The maximum absolute atomic E-state index is 12.1. The number of nitrogens with one attached hydrogen (secondary N) is 1. The first kappa shape index (κ1) is 20.0. The van der Waals surface area contributed by atoms with Crippen LogP contribution in [0.3, 0.4) is 0 Å². The molecular formula is C17H20F3NO5. The van der Waals surface area contributed by atoms with E-state index in [1.54, 1.807) is 0 Å². The number of carbonyl (C=O) groups is 2. The van der Waals surface area contributed by atoms with E-state index in [9.17, 15) is 27.9 Å². The molecule has 2 N–H and O–H groups in total. The summed E-state index contributed by atoms with van der Waals surface area (Å²) >= 11 is 0. The molecule has 2 atom stereocenters. The maximum atomic E-state index is 12.1. The van der Waals surface area contributed by atoms with Crippen LogP contribution in [-0.2, 0) is 20.7 Å². The van der Waals surface area contributed by atoms with Crippen LogP contribution < -0.4 is 10.1 Å². The van der Waals surface area contributed by atoms with E-state index in [0.717, 1.165) is 6.42 Å². The van der Waals surface area contributed by atoms with Gasteiger partial charge in [0.05, 0.1) is 6.61 Å². The summed E-state index contributed by atoms with van der Waals surface area (Å²) in [5.74, 6) is -2.15. The Kier molecular flexibility index (Phi) is 6.84. The highest BCUT2D eigenvalue weighted by atomic mass is 19.4. The standard InChI is InChI=1S/C17H20F3NO5/c18-17(19,20)26-13-6-3-11(4-7-13)5-8-14(22)21-15(16(23)24)12-2-1-9-25-10-12/h3-4,6-7,12,15H,1-2,5,8-10H2,(H,21,22)(H,23,24). The van der Waals surface area contributed by atoms with Gasteiger partial charge in [0.15, 0.2) is 0 Å². The van der Waals surface area contributed by atoms with Crippen molar-refractivity contribution in [3.8, 4) is 5.75 Å². The molecule has 26 heavy (non-hydrogen) atoms. The molecule has 0 spiro atoms. The van der Waals surface area contributed by atoms with Gasteiger partial charge < -0.3 is 19.9 Å². The van der Waals surface area contributed by atoms with Crippen molar-refractivity contribution in [1.29, 1.82) is 0 Å². The fraction of sp³-hybridized carbons (Fsp3) is 0.529. The third kappa shape index (κ3) is 6.55. The van der Waals surface area contributed by atoms with Crippen molar-refractivity contribution in [2.45, 2.75) is 38.1 Å². The zero-order chi connectivity index (χ0) is 19.2. The first-order chi connectivity index (χ1) is 12.2. The van der Waals surface area contributed by atoms with E-state index in [2.05, 4.69) is 10.1 Å². The molecule has 1 aromatic rings. The van der Waals surface area contributed by atoms with Gasteiger partial charge in [-0.25, -0.2) is 4.79 Å². The second-order valence-corrected chi connectivity index (χ2v) is 6.05. The number of ether oxygens (including phenoxy) is 2. The Bertz CT molecular complexity index is 612. The quantitative estimate of drug-likeness (QED) is 0.765. The molecule has 6 nitrogen and oxygen atoms in total. The molecule has 144 valence electrons. The Balaban J connectivity index is 1.84. The highest BCUT2D eigenvalue weighted by Gasteiger charge is 2.32. The summed E-state index contributed by atoms with van der Waals surface area (Å²) in [7, 11) is 0. The van der Waals surface area contributed by atoms with Gasteiger partial charge in [0.25, 0.3) is 0 Å². The fourth-order valence-electron chi connectivity index (χ4n) is 2.77. The van der Waals surface area contributed by atoms with E-state index in [4.69, 9.17) is 4.74 Å².